The zero-order chi connectivity index (χ0) is 20.8. The fraction of sp³-hybridized carbons (Fsp3) is 0.391. The lowest BCUT2D eigenvalue weighted by atomic mass is 10.0. The van der Waals surface area contributed by atoms with Crippen LogP contribution in [-0.4, -0.2) is 50.1 Å². The number of urea groups is 1. The van der Waals surface area contributed by atoms with E-state index in [-0.39, 0.29) is 18.5 Å². The molecule has 3 amide bonds. The standard InChI is InChI=1S/C23H29N3O3/c1-17(2)19-6-8-20(9-7-19)26-15-14-25(23(26)28)16-22(27)24-13-12-18-4-10-21(29-3)11-5-18/h4-11,17H,12-16H2,1-3H3,(H,24,27). The van der Waals surface area contributed by atoms with E-state index in [2.05, 4.69) is 31.3 Å². The molecule has 1 aliphatic heterocycles. The summed E-state index contributed by atoms with van der Waals surface area (Å²) in [5, 5.41) is 2.90. The fourth-order valence-electron chi connectivity index (χ4n) is 3.38. The highest BCUT2D eigenvalue weighted by Crippen LogP contribution is 2.23. The second-order valence-corrected chi connectivity index (χ2v) is 7.55. The van der Waals surface area contributed by atoms with Gasteiger partial charge in [-0.1, -0.05) is 38.1 Å². The number of carbonyl (C=O) groups excluding carboxylic acids is 2. The van der Waals surface area contributed by atoms with Gasteiger partial charge >= 0.3 is 6.03 Å². The van der Waals surface area contributed by atoms with Crippen molar-refractivity contribution in [1.29, 1.82) is 0 Å². The molecule has 1 fully saturated rings. The number of nitrogens with one attached hydrogen (secondary N) is 1. The molecule has 2 aromatic carbocycles. The van der Waals surface area contributed by atoms with Gasteiger partial charge in [0.1, 0.15) is 12.3 Å². The van der Waals surface area contributed by atoms with Gasteiger partial charge in [-0.2, -0.15) is 0 Å². The molecule has 0 radical (unpaired) electrons. The van der Waals surface area contributed by atoms with Gasteiger partial charge in [0, 0.05) is 25.3 Å². The first-order chi connectivity index (χ1) is 14.0. The zero-order valence-corrected chi connectivity index (χ0v) is 17.4. The molecule has 1 aliphatic rings. The van der Waals surface area contributed by atoms with Gasteiger partial charge in [-0.15, -0.1) is 0 Å². The van der Waals surface area contributed by atoms with Crippen molar-refractivity contribution in [3.05, 3.63) is 59.7 Å². The third-order valence-corrected chi connectivity index (χ3v) is 5.20. The molecule has 3 rings (SSSR count). The van der Waals surface area contributed by atoms with Gasteiger partial charge in [-0.25, -0.2) is 4.79 Å². The highest BCUT2D eigenvalue weighted by atomic mass is 16.5. The summed E-state index contributed by atoms with van der Waals surface area (Å²) in [6.07, 6.45) is 0.734. The Labute approximate surface area is 172 Å². The van der Waals surface area contributed by atoms with Crippen molar-refractivity contribution in [2.45, 2.75) is 26.2 Å². The highest BCUT2D eigenvalue weighted by molar-refractivity contribution is 5.96. The SMILES string of the molecule is COc1ccc(CCNC(=O)CN2CCN(c3ccc(C(C)C)cc3)C2=O)cc1. The third kappa shape index (κ3) is 5.28. The van der Waals surface area contributed by atoms with E-state index < -0.39 is 0 Å². The van der Waals surface area contributed by atoms with Gasteiger partial charge in [-0.05, 0) is 47.7 Å². The number of ether oxygens (including phenoxy) is 1. The molecule has 1 heterocycles. The van der Waals surface area contributed by atoms with E-state index in [1.165, 1.54) is 5.56 Å². The predicted octanol–water partition coefficient (Wildman–Crippen LogP) is 3.42. The van der Waals surface area contributed by atoms with Crippen molar-refractivity contribution < 1.29 is 14.3 Å². The van der Waals surface area contributed by atoms with Crippen LogP contribution in [0.3, 0.4) is 0 Å². The first kappa shape index (κ1) is 20.7. The molecule has 0 bridgehead atoms. The Hall–Kier alpha value is -3.02. The van der Waals surface area contributed by atoms with Crippen LogP contribution in [0, 0.1) is 0 Å². The lowest BCUT2D eigenvalue weighted by Crippen LogP contribution is -2.40. The van der Waals surface area contributed by atoms with Crippen LogP contribution < -0.4 is 15.0 Å². The molecular weight excluding hydrogens is 366 g/mol. The Kier molecular flexibility index (Phi) is 6.75. The van der Waals surface area contributed by atoms with Crippen LogP contribution in [0.15, 0.2) is 48.5 Å². The molecule has 0 aromatic heterocycles. The Balaban J connectivity index is 1.46. The third-order valence-electron chi connectivity index (χ3n) is 5.20. The minimum atomic E-state index is -0.135. The summed E-state index contributed by atoms with van der Waals surface area (Å²) in [6, 6.07) is 15.7. The number of benzene rings is 2. The number of nitrogens with zero attached hydrogens (tertiary/aromatic N) is 2. The minimum absolute atomic E-state index is 0.0853. The average molecular weight is 396 g/mol. The molecule has 0 atom stereocenters. The smallest absolute Gasteiger partial charge is 0.325 e. The molecule has 0 spiro atoms. The second kappa shape index (κ2) is 9.45. The molecule has 2 aromatic rings. The van der Waals surface area contributed by atoms with Crippen LogP contribution in [0.25, 0.3) is 0 Å². The fourth-order valence-corrected chi connectivity index (χ4v) is 3.38. The maximum Gasteiger partial charge on any atom is 0.325 e. The van der Waals surface area contributed by atoms with E-state index in [4.69, 9.17) is 4.74 Å². The van der Waals surface area contributed by atoms with Crippen LogP contribution in [0.4, 0.5) is 10.5 Å². The number of rotatable bonds is 8. The van der Waals surface area contributed by atoms with Crippen molar-refractivity contribution in [1.82, 2.24) is 10.2 Å². The summed E-state index contributed by atoms with van der Waals surface area (Å²) in [4.78, 5) is 28.3. The summed E-state index contributed by atoms with van der Waals surface area (Å²) < 4.78 is 5.14. The maximum atomic E-state index is 12.7. The molecule has 0 aliphatic carbocycles. The molecule has 1 saturated heterocycles. The summed E-state index contributed by atoms with van der Waals surface area (Å²) >= 11 is 0. The highest BCUT2D eigenvalue weighted by Gasteiger charge is 2.30. The van der Waals surface area contributed by atoms with Crippen molar-refractivity contribution in [3.63, 3.8) is 0 Å². The summed E-state index contributed by atoms with van der Waals surface area (Å²) in [5.74, 6) is 1.13. The van der Waals surface area contributed by atoms with Gasteiger partial charge in [0.05, 0.1) is 7.11 Å². The number of carbonyl (C=O) groups is 2. The van der Waals surface area contributed by atoms with E-state index in [9.17, 15) is 9.59 Å². The molecule has 6 heteroatoms. The van der Waals surface area contributed by atoms with E-state index >= 15 is 0 Å². The lowest BCUT2D eigenvalue weighted by molar-refractivity contribution is -0.121. The summed E-state index contributed by atoms with van der Waals surface area (Å²) in [6.45, 7) is 6.06. The summed E-state index contributed by atoms with van der Waals surface area (Å²) in [5.41, 5.74) is 3.25. The Morgan fingerprint density at radius 2 is 1.76 bits per heavy atom. The molecule has 0 unspecified atom stereocenters. The normalized spacial score (nSPS) is 13.9. The Bertz CT molecular complexity index is 831. The van der Waals surface area contributed by atoms with E-state index in [1.807, 2.05) is 36.4 Å². The zero-order valence-electron chi connectivity index (χ0n) is 17.4. The molecule has 1 N–H and O–H groups in total. The molecule has 6 nitrogen and oxygen atoms in total. The Morgan fingerprint density at radius 3 is 2.38 bits per heavy atom. The van der Waals surface area contributed by atoms with Crippen LogP contribution in [0.2, 0.25) is 0 Å². The minimum Gasteiger partial charge on any atom is -0.497 e. The van der Waals surface area contributed by atoms with Crippen LogP contribution in [-0.2, 0) is 11.2 Å². The Morgan fingerprint density at radius 1 is 1.07 bits per heavy atom. The molecular formula is C23H29N3O3. The predicted molar refractivity (Wildman–Crippen MR) is 115 cm³/mol. The number of amides is 3. The summed E-state index contributed by atoms with van der Waals surface area (Å²) in [7, 11) is 1.64. The maximum absolute atomic E-state index is 12.7. The second-order valence-electron chi connectivity index (χ2n) is 7.55. The number of anilines is 1. The topological polar surface area (TPSA) is 61.9 Å². The lowest BCUT2D eigenvalue weighted by Gasteiger charge is -2.19. The van der Waals surface area contributed by atoms with Crippen molar-refractivity contribution >= 4 is 17.6 Å². The van der Waals surface area contributed by atoms with Gasteiger partial charge in [0.2, 0.25) is 5.91 Å². The van der Waals surface area contributed by atoms with Gasteiger partial charge in [0.25, 0.3) is 0 Å². The number of hydrogen-bond donors (Lipinski definition) is 1. The van der Waals surface area contributed by atoms with Crippen molar-refractivity contribution in [2.24, 2.45) is 0 Å². The average Bonchev–Trinajstić information content (AvgIpc) is 3.08. The van der Waals surface area contributed by atoms with Crippen molar-refractivity contribution in [3.8, 4) is 5.75 Å². The largest absolute Gasteiger partial charge is 0.497 e. The monoisotopic (exact) mass is 395 g/mol. The quantitative estimate of drug-likeness (QED) is 0.745. The molecule has 0 saturated carbocycles. The van der Waals surface area contributed by atoms with Gasteiger partial charge in [-0.3, -0.25) is 9.69 Å². The van der Waals surface area contributed by atoms with Crippen LogP contribution in [0.1, 0.15) is 30.9 Å². The number of hydrogen-bond acceptors (Lipinski definition) is 3. The van der Waals surface area contributed by atoms with E-state index in [0.717, 1.165) is 23.4 Å². The van der Waals surface area contributed by atoms with E-state index in [0.29, 0.717) is 25.6 Å². The molecule has 154 valence electrons. The number of methoxy groups -OCH3 is 1. The molecule has 29 heavy (non-hydrogen) atoms. The van der Waals surface area contributed by atoms with Gasteiger partial charge < -0.3 is 15.0 Å². The first-order valence-electron chi connectivity index (χ1n) is 10.0. The van der Waals surface area contributed by atoms with Crippen molar-refractivity contribution in [2.75, 3.05) is 38.2 Å². The van der Waals surface area contributed by atoms with Gasteiger partial charge in [0.15, 0.2) is 0 Å². The first-order valence-corrected chi connectivity index (χ1v) is 10.0. The van der Waals surface area contributed by atoms with E-state index in [1.54, 1.807) is 16.9 Å². The van der Waals surface area contributed by atoms with Crippen LogP contribution in [0.5, 0.6) is 5.75 Å². The van der Waals surface area contributed by atoms with Crippen LogP contribution >= 0.6 is 0 Å².